The maximum atomic E-state index is 15.0. The van der Waals surface area contributed by atoms with E-state index in [1.165, 1.54) is 15.4 Å². The van der Waals surface area contributed by atoms with Crippen molar-refractivity contribution in [1.29, 1.82) is 0 Å². The van der Waals surface area contributed by atoms with Crippen LogP contribution in [-0.2, 0) is 10.8 Å². The zero-order chi connectivity index (χ0) is 24.3. The van der Waals surface area contributed by atoms with Crippen LogP contribution in [0.4, 0.5) is 10.2 Å². The third kappa shape index (κ3) is 4.43. The van der Waals surface area contributed by atoms with Gasteiger partial charge in [0.15, 0.2) is 5.82 Å². The molecule has 194 valence electrons. The SMILES string of the molecule is CS(=O)c1c[nH]c2ncnc(N3C[C@@H](F)C[C@H]3c3nn4ccc(Cl)c4c(=O)n3-c3ccccc3)c12.S.S. The molecule has 1 aromatic carbocycles. The number of alkyl halides is 1. The van der Waals surface area contributed by atoms with E-state index in [0.29, 0.717) is 33.3 Å². The molecule has 37 heavy (non-hydrogen) atoms. The van der Waals surface area contributed by atoms with Crippen molar-refractivity contribution in [1.82, 2.24) is 29.1 Å². The van der Waals surface area contributed by atoms with Crippen molar-refractivity contribution >= 4 is 71.8 Å². The number of hydrogen-bond acceptors (Lipinski definition) is 6. The summed E-state index contributed by atoms with van der Waals surface area (Å²) in [6.45, 7) is 0.0346. The summed E-state index contributed by atoms with van der Waals surface area (Å²) in [5, 5.41) is 5.57. The molecule has 0 aliphatic carbocycles. The Morgan fingerprint density at radius 3 is 2.65 bits per heavy atom. The number of anilines is 1. The van der Waals surface area contributed by atoms with Crippen molar-refractivity contribution < 1.29 is 8.60 Å². The van der Waals surface area contributed by atoms with Crippen molar-refractivity contribution in [3.63, 3.8) is 0 Å². The van der Waals surface area contributed by atoms with Crippen molar-refractivity contribution in [3.8, 4) is 5.69 Å². The normalized spacial score (nSPS) is 18.1. The number of halogens is 2. The molecule has 0 spiro atoms. The number of nitrogens with zero attached hydrogens (tertiary/aromatic N) is 6. The van der Waals surface area contributed by atoms with Crippen LogP contribution >= 0.6 is 38.6 Å². The van der Waals surface area contributed by atoms with Gasteiger partial charge in [-0.3, -0.25) is 13.6 Å². The van der Waals surface area contributed by atoms with Gasteiger partial charge in [0.25, 0.3) is 5.56 Å². The lowest BCUT2D eigenvalue weighted by atomic mass is 10.1. The molecule has 5 heterocycles. The monoisotopic (exact) mass is 579 g/mol. The maximum Gasteiger partial charge on any atom is 0.284 e. The van der Waals surface area contributed by atoms with E-state index >= 15 is 4.39 Å². The fourth-order valence-electron chi connectivity index (χ4n) is 4.72. The number of nitrogens with one attached hydrogen (secondary N) is 1. The van der Waals surface area contributed by atoms with Crippen molar-refractivity contribution in [2.24, 2.45) is 0 Å². The van der Waals surface area contributed by atoms with Crippen LogP contribution in [0.25, 0.3) is 22.2 Å². The summed E-state index contributed by atoms with van der Waals surface area (Å²) in [5.41, 5.74) is 0.969. The molecule has 1 fully saturated rings. The second-order valence-corrected chi connectivity index (χ2v) is 10.1. The molecular weight excluding hydrogens is 557 g/mol. The molecule has 0 radical (unpaired) electrons. The summed E-state index contributed by atoms with van der Waals surface area (Å²) in [6.07, 6.45) is 5.09. The summed E-state index contributed by atoms with van der Waals surface area (Å²) in [4.78, 5) is 27.7. The predicted molar refractivity (Wildman–Crippen MR) is 152 cm³/mol. The fourth-order valence-corrected chi connectivity index (χ4v) is 5.64. The van der Waals surface area contributed by atoms with Crippen LogP contribution < -0.4 is 10.5 Å². The second-order valence-electron chi connectivity index (χ2n) is 8.32. The van der Waals surface area contributed by atoms with E-state index in [1.54, 1.807) is 41.7 Å². The molecule has 0 bridgehead atoms. The van der Waals surface area contributed by atoms with Crippen LogP contribution in [0, 0.1) is 0 Å². The first kappa shape index (κ1) is 27.2. The minimum Gasteiger partial charge on any atom is -0.345 e. The molecular formula is C23H23ClFN7O2S3. The maximum absolute atomic E-state index is 15.0. The van der Waals surface area contributed by atoms with Gasteiger partial charge >= 0.3 is 0 Å². The average Bonchev–Trinajstić information content (AvgIpc) is 3.56. The molecule has 1 aliphatic heterocycles. The zero-order valence-corrected chi connectivity index (χ0v) is 23.0. The Morgan fingerprint density at radius 2 is 1.92 bits per heavy atom. The van der Waals surface area contributed by atoms with E-state index in [9.17, 15) is 9.00 Å². The number of rotatable bonds is 4. The van der Waals surface area contributed by atoms with E-state index in [1.807, 2.05) is 18.2 Å². The number of hydrogen-bond donors (Lipinski definition) is 1. The van der Waals surface area contributed by atoms with E-state index in [0.717, 1.165) is 0 Å². The first-order valence-electron chi connectivity index (χ1n) is 10.9. The van der Waals surface area contributed by atoms with Gasteiger partial charge in [-0.05, 0) is 18.2 Å². The Kier molecular flexibility index (Phi) is 7.70. The number of benzene rings is 1. The van der Waals surface area contributed by atoms with Crippen LogP contribution in [0.15, 0.2) is 64.8 Å². The van der Waals surface area contributed by atoms with Crippen LogP contribution in [0.1, 0.15) is 18.3 Å². The minimum absolute atomic E-state index is 0. The number of fused-ring (bicyclic) bond motifs is 2. The molecule has 14 heteroatoms. The van der Waals surface area contributed by atoms with E-state index in [4.69, 9.17) is 16.7 Å². The minimum atomic E-state index is -1.32. The third-order valence-corrected chi connectivity index (χ3v) is 7.47. The number of aromatic nitrogens is 6. The Balaban J connectivity index is 0.00000160. The van der Waals surface area contributed by atoms with Gasteiger partial charge < -0.3 is 9.88 Å². The van der Waals surface area contributed by atoms with Gasteiger partial charge in [-0.25, -0.2) is 18.9 Å². The first-order valence-corrected chi connectivity index (χ1v) is 12.8. The second kappa shape index (κ2) is 10.5. The molecule has 6 rings (SSSR count). The molecule has 0 amide bonds. The topological polar surface area (TPSA) is 101 Å². The number of para-hydroxylation sites is 1. The van der Waals surface area contributed by atoms with Gasteiger partial charge in [0.2, 0.25) is 0 Å². The lowest BCUT2D eigenvalue weighted by Crippen LogP contribution is -2.33. The van der Waals surface area contributed by atoms with Gasteiger partial charge in [0, 0.05) is 25.1 Å². The van der Waals surface area contributed by atoms with Gasteiger partial charge in [0.05, 0.1) is 44.4 Å². The van der Waals surface area contributed by atoms with Crippen LogP contribution in [0.2, 0.25) is 5.02 Å². The quantitative estimate of drug-likeness (QED) is 0.349. The highest BCUT2D eigenvalue weighted by atomic mass is 35.5. The fraction of sp³-hybridized carbons (Fsp3) is 0.217. The summed E-state index contributed by atoms with van der Waals surface area (Å²) in [6, 6.07) is 10.0. The van der Waals surface area contributed by atoms with E-state index in [2.05, 4.69) is 15.0 Å². The average molecular weight is 580 g/mol. The van der Waals surface area contributed by atoms with Crippen LogP contribution in [-0.4, -0.2) is 52.3 Å². The smallest absolute Gasteiger partial charge is 0.284 e. The van der Waals surface area contributed by atoms with Crippen LogP contribution in [0.5, 0.6) is 0 Å². The summed E-state index contributed by atoms with van der Waals surface area (Å²) >= 11 is 6.30. The largest absolute Gasteiger partial charge is 0.345 e. The van der Waals surface area contributed by atoms with E-state index in [-0.39, 0.29) is 56.1 Å². The molecule has 0 saturated carbocycles. The van der Waals surface area contributed by atoms with Crippen molar-refractivity contribution in [2.75, 3.05) is 17.7 Å². The van der Waals surface area contributed by atoms with Gasteiger partial charge in [-0.15, -0.1) is 0 Å². The lowest BCUT2D eigenvalue weighted by molar-refractivity contribution is 0.354. The molecule has 1 unspecified atom stereocenters. The Bertz CT molecular complexity index is 1670. The first-order chi connectivity index (χ1) is 16.9. The summed E-state index contributed by atoms with van der Waals surface area (Å²) in [5.74, 6) is 0.786. The number of aromatic amines is 1. The highest BCUT2D eigenvalue weighted by Crippen LogP contribution is 2.40. The molecule has 1 saturated heterocycles. The predicted octanol–water partition coefficient (Wildman–Crippen LogP) is 3.66. The van der Waals surface area contributed by atoms with E-state index < -0.39 is 23.0 Å². The van der Waals surface area contributed by atoms with Gasteiger partial charge in [-0.1, -0.05) is 29.8 Å². The molecule has 1 N–H and O–H groups in total. The molecule has 4 aromatic heterocycles. The molecule has 1 aliphatic rings. The van der Waals surface area contributed by atoms with Crippen molar-refractivity contribution in [2.45, 2.75) is 23.5 Å². The highest BCUT2D eigenvalue weighted by molar-refractivity contribution is 7.84. The lowest BCUT2D eigenvalue weighted by Gasteiger charge is -2.27. The summed E-state index contributed by atoms with van der Waals surface area (Å²) < 4.78 is 30.4. The highest BCUT2D eigenvalue weighted by Gasteiger charge is 2.39. The van der Waals surface area contributed by atoms with Crippen LogP contribution in [0.3, 0.4) is 0 Å². The van der Waals surface area contributed by atoms with Gasteiger partial charge in [0.1, 0.15) is 29.5 Å². The van der Waals surface area contributed by atoms with Gasteiger partial charge in [-0.2, -0.15) is 32.1 Å². The molecule has 3 atom stereocenters. The molecule has 9 nitrogen and oxygen atoms in total. The Hall–Kier alpha value is -2.87. The standard InChI is InChI=1S/C23H19ClFN7O2S.2H2S/c1-35(34)17-10-26-20-18(17)22(28-12-27-20)30-11-13(25)9-16(30)21-29-31-8-7-15(24)19(31)23(33)32(21)14-5-3-2-4-6-14;;/h2-8,10,12-13,16H,9,11H2,1H3,(H,26,27,28);2*1H2/t13-,16-,35?;;/m0../s1. The Morgan fingerprint density at radius 1 is 1.16 bits per heavy atom. The summed E-state index contributed by atoms with van der Waals surface area (Å²) in [7, 11) is -1.32. The zero-order valence-electron chi connectivity index (χ0n) is 19.4. The third-order valence-electron chi connectivity index (χ3n) is 6.22. The number of H-pyrrole nitrogens is 1. The van der Waals surface area contributed by atoms with Crippen molar-refractivity contribution in [3.05, 3.63) is 76.3 Å². The Labute approximate surface area is 232 Å². The molecule has 5 aromatic rings.